The zero-order valence-electron chi connectivity index (χ0n) is 10.8. The van der Waals surface area contributed by atoms with Crippen LogP contribution >= 0.6 is 23.2 Å². The Morgan fingerprint density at radius 2 is 1.70 bits per heavy atom. The Hall–Kier alpha value is -1.16. The van der Waals surface area contributed by atoms with E-state index >= 15 is 0 Å². The second-order valence-corrected chi connectivity index (χ2v) is 5.06. The van der Waals surface area contributed by atoms with Crippen molar-refractivity contribution in [1.82, 2.24) is 5.32 Å². The molecule has 1 nitrogen and oxygen atoms in total. The summed E-state index contributed by atoms with van der Waals surface area (Å²) < 4.78 is 27.4. The molecule has 0 saturated carbocycles. The van der Waals surface area contributed by atoms with Gasteiger partial charge in [-0.25, -0.2) is 8.78 Å². The molecule has 2 rings (SSSR count). The molecule has 0 aromatic heterocycles. The summed E-state index contributed by atoms with van der Waals surface area (Å²) in [4.78, 5) is 0. The highest BCUT2D eigenvalue weighted by Gasteiger charge is 2.22. The van der Waals surface area contributed by atoms with Gasteiger partial charge in [-0.3, -0.25) is 0 Å². The largest absolute Gasteiger partial charge is 0.306 e. The minimum absolute atomic E-state index is 0.205. The van der Waals surface area contributed by atoms with E-state index in [9.17, 15) is 8.78 Å². The Kier molecular flexibility index (Phi) is 4.97. The van der Waals surface area contributed by atoms with Crippen LogP contribution in [0.5, 0.6) is 0 Å². The van der Waals surface area contributed by atoms with Crippen molar-refractivity contribution in [1.29, 1.82) is 0 Å². The van der Waals surface area contributed by atoms with Crippen LogP contribution in [0, 0.1) is 11.6 Å². The molecule has 0 spiro atoms. The normalized spacial score (nSPS) is 12.4. The standard InChI is InChI=1S/C15H13Cl2F2N/c1-2-20-15(9-5-3-7-11(16)13(9)17)10-6-4-8-12(18)14(10)19/h3-8,15,20H,2H2,1H3. The number of benzene rings is 2. The fraction of sp³-hybridized carbons (Fsp3) is 0.200. The number of rotatable bonds is 4. The van der Waals surface area contributed by atoms with Crippen LogP contribution < -0.4 is 5.32 Å². The zero-order valence-corrected chi connectivity index (χ0v) is 12.3. The topological polar surface area (TPSA) is 12.0 Å². The first-order valence-electron chi connectivity index (χ1n) is 6.17. The molecule has 20 heavy (non-hydrogen) atoms. The SMILES string of the molecule is CCNC(c1cccc(F)c1F)c1cccc(Cl)c1Cl. The minimum Gasteiger partial charge on any atom is -0.306 e. The van der Waals surface area contributed by atoms with Crippen LogP contribution in [-0.2, 0) is 0 Å². The summed E-state index contributed by atoms with van der Waals surface area (Å²) in [6, 6.07) is 8.65. The Morgan fingerprint density at radius 3 is 2.40 bits per heavy atom. The van der Waals surface area contributed by atoms with Gasteiger partial charge in [0.05, 0.1) is 16.1 Å². The van der Waals surface area contributed by atoms with Gasteiger partial charge in [-0.2, -0.15) is 0 Å². The van der Waals surface area contributed by atoms with Crippen molar-refractivity contribution in [3.05, 3.63) is 69.2 Å². The summed E-state index contributed by atoms with van der Waals surface area (Å²) in [5, 5.41) is 3.82. The van der Waals surface area contributed by atoms with E-state index in [1.165, 1.54) is 12.1 Å². The van der Waals surface area contributed by atoms with Gasteiger partial charge in [-0.15, -0.1) is 0 Å². The molecular formula is C15H13Cl2F2N. The molecule has 0 fully saturated rings. The first-order valence-corrected chi connectivity index (χ1v) is 6.93. The molecule has 5 heteroatoms. The van der Waals surface area contributed by atoms with Crippen LogP contribution in [0.4, 0.5) is 8.78 Å². The lowest BCUT2D eigenvalue weighted by atomic mass is 9.98. The highest BCUT2D eigenvalue weighted by atomic mass is 35.5. The van der Waals surface area contributed by atoms with Crippen LogP contribution in [0.2, 0.25) is 10.0 Å². The van der Waals surface area contributed by atoms with Gasteiger partial charge < -0.3 is 5.32 Å². The lowest BCUT2D eigenvalue weighted by molar-refractivity contribution is 0.483. The van der Waals surface area contributed by atoms with Gasteiger partial charge >= 0.3 is 0 Å². The Bertz CT molecular complexity index is 565. The van der Waals surface area contributed by atoms with Crippen molar-refractivity contribution in [2.24, 2.45) is 0 Å². The van der Waals surface area contributed by atoms with E-state index in [-0.39, 0.29) is 5.56 Å². The second-order valence-electron chi connectivity index (χ2n) is 4.28. The fourth-order valence-electron chi connectivity index (χ4n) is 2.08. The molecule has 1 atom stereocenters. The van der Waals surface area contributed by atoms with Crippen LogP contribution in [-0.4, -0.2) is 6.54 Å². The van der Waals surface area contributed by atoms with Crippen molar-refractivity contribution in [3.8, 4) is 0 Å². The summed E-state index contributed by atoms with van der Waals surface area (Å²) in [5.41, 5.74) is 0.821. The minimum atomic E-state index is -0.886. The molecule has 2 aromatic rings. The number of halogens is 4. The van der Waals surface area contributed by atoms with E-state index in [0.29, 0.717) is 22.2 Å². The van der Waals surface area contributed by atoms with Crippen LogP contribution in [0.1, 0.15) is 24.1 Å². The highest BCUT2D eigenvalue weighted by molar-refractivity contribution is 6.42. The number of nitrogens with one attached hydrogen (secondary N) is 1. The van der Waals surface area contributed by atoms with Crippen LogP contribution in [0.15, 0.2) is 36.4 Å². The van der Waals surface area contributed by atoms with Crippen LogP contribution in [0.25, 0.3) is 0 Å². The number of hydrogen-bond acceptors (Lipinski definition) is 1. The summed E-state index contributed by atoms with van der Waals surface area (Å²) in [7, 11) is 0. The zero-order chi connectivity index (χ0) is 14.7. The first-order chi connectivity index (χ1) is 9.56. The van der Waals surface area contributed by atoms with Crippen molar-refractivity contribution in [2.45, 2.75) is 13.0 Å². The van der Waals surface area contributed by atoms with E-state index in [1.54, 1.807) is 18.2 Å². The highest BCUT2D eigenvalue weighted by Crippen LogP contribution is 2.34. The molecule has 0 radical (unpaired) electrons. The molecule has 0 heterocycles. The van der Waals surface area contributed by atoms with Gasteiger partial charge in [0.25, 0.3) is 0 Å². The van der Waals surface area contributed by atoms with E-state index in [2.05, 4.69) is 5.32 Å². The van der Waals surface area contributed by atoms with Crippen molar-refractivity contribution in [2.75, 3.05) is 6.54 Å². The summed E-state index contributed by atoms with van der Waals surface area (Å²) >= 11 is 12.2. The van der Waals surface area contributed by atoms with E-state index in [4.69, 9.17) is 23.2 Å². The maximum absolute atomic E-state index is 14.0. The maximum atomic E-state index is 14.0. The summed E-state index contributed by atoms with van der Waals surface area (Å²) in [5.74, 6) is -1.77. The van der Waals surface area contributed by atoms with Crippen molar-refractivity contribution >= 4 is 23.2 Å². The monoisotopic (exact) mass is 315 g/mol. The summed E-state index contributed by atoms with van der Waals surface area (Å²) in [6.45, 7) is 2.45. The van der Waals surface area contributed by atoms with Crippen molar-refractivity contribution in [3.63, 3.8) is 0 Å². The van der Waals surface area contributed by atoms with E-state index < -0.39 is 17.7 Å². The average Bonchev–Trinajstić information content (AvgIpc) is 2.43. The molecule has 1 unspecified atom stereocenters. The Morgan fingerprint density at radius 1 is 1.05 bits per heavy atom. The molecule has 0 saturated heterocycles. The van der Waals surface area contributed by atoms with Gasteiger partial charge in [0.15, 0.2) is 11.6 Å². The Balaban J connectivity index is 2.56. The molecule has 1 N–H and O–H groups in total. The third-order valence-corrected chi connectivity index (χ3v) is 3.83. The van der Waals surface area contributed by atoms with Gasteiger partial charge in [-0.05, 0) is 24.2 Å². The van der Waals surface area contributed by atoms with Gasteiger partial charge in [0, 0.05) is 5.56 Å². The smallest absolute Gasteiger partial charge is 0.163 e. The average molecular weight is 316 g/mol. The predicted octanol–water partition coefficient (Wildman–Crippen LogP) is 4.97. The second kappa shape index (κ2) is 6.53. The van der Waals surface area contributed by atoms with Gasteiger partial charge in [0.1, 0.15) is 0 Å². The fourth-order valence-corrected chi connectivity index (χ4v) is 2.50. The molecule has 0 aliphatic rings. The van der Waals surface area contributed by atoms with E-state index in [1.807, 2.05) is 6.92 Å². The molecule has 2 aromatic carbocycles. The first kappa shape index (κ1) is 15.2. The quantitative estimate of drug-likeness (QED) is 0.840. The third-order valence-electron chi connectivity index (χ3n) is 2.99. The molecular weight excluding hydrogens is 303 g/mol. The van der Waals surface area contributed by atoms with Gasteiger partial charge in [-0.1, -0.05) is 54.4 Å². The van der Waals surface area contributed by atoms with Crippen molar-refractivity contribution < 1.29 is 8.78 Å². The Labute approximate surface area is 126 Å². The molecule has 0 bridgehead atoms. The molecule has 0 aliphatic heterocycles. The van der Waals surface area contributed by atoms with E-state index in [0.717, 1.165) is 6.07 Å². The third kappa shape index (κ3) is 2.95. The summed E-state index contributed by atoms with van der Waals surface area (Å²) in [6.07, 6.45) is 0. The molecule has 106 valence electrons. The predicted molar refractivity (Wildman–Crippen MR) is 78.3 cm³/mol. The molecule has 0 amide bonds. The lowest BCUT2D eigenvalue weighted by Crippen LogP contribution is -2.23. The molecule has 0 aliphatic carbocycles. The number of hydrogen-bond donors (Lipinski definition) is 1. The maximum Gasteiger partial charge on any atom is 0.163 e. The van der Waals surface area contributed by atoms with Crippen LogP contribution in [0.3, 0.4) is 0 Å². The van der Waals surface area contributed by atoms with Gasteiger partial charge in [0.2, 0.25) is 0 Å². The lowest BCUT2D eigenvalue weighted by Gasteiger charge is -2.21.